The van der Waals surface area contributed by atoms with Crippen LogP contribution >= 0.6 is 0 Å². The molecule has 108 valence electrons. The summed E-state index contributed by atoms with van der Waals surface area (Å²) in [5.74, 6) is 0.651. The number of carbonyl (C=O) groups is 1. The molecule has 18 heavy (non-hydrogen) atoms. The van der Waals surface area contributed by atoms with Crippen molar-refractivity contribution in [3.8, 4) is 0 Å². The van der Waals surface area contributed by atoms with Crippen LogP contribution in [0.3, 0.4) is 0 Å². The molecule has 1 N–H and O–H groups in total. The summed E-state index contributed by atoms with van der Waals surface area (Å²) in [6, 6.07) is 0. The molecule has 0 aromatic heterocycles. The van der Waals surface area contributed by atoms with Crippen LogP contribution in [0.25, 0.3) is 0 Å². The standard InChI is InChI=1S/C15H31NO2/c1-13(2)10-8-6-7-9-11-16-12-14(17)18-15(3,4)5/h13,16H,6-12H2,1-5H3. The normalized spacial score (nSPS) is 11.9. The molecule has 0 rings (SSSR count). The summed E-state index contributed by atoms with van der Waals surface area (Å²) in [7, 11) is 0. The fraction of sp³-hybridized carbons (Fsp3) is 0.933. The van der Waals surface area contributed by atoms with Crippen molar-refractivity contribution < 1.29 is 9.53 Å². The number of rotatable bonds is 9. The molecular weight excluding hydrogens is 226 g/mol. The first-order valence-electron chi connectivity index (χ1n) is 7.24. The van der Waals surface area contributed by atoms with Gasteiger partial charge < -0.3 is 10.1 Å². The first-order chi connectivity index (χ1) is 8.31. The van der Waals surface area contributed by atoms with Gasteiger partial charge in [-0.05, 0) is 39.7 Å². The van der Waals surface area contributed by atoms with Gasteiger partial charge in [-0.25, -0.2) is 0 Å². The van der Waals surface area contributed by atoms with E-state index in [9.17, 15) is 4.79 Å². The molecule has 0 saturated heterocycles. The average Bonchev–Trinajstić information content (AvgIpc) is 2.18. The van der Waals surface area contributed by atoms with Crippen molar-refractivity contribution >= 4 is 5.97 Å². The maximum absolute atomic E-state index is 11.4. The van der Waals surface area contributed by atoms with Gasteiger partial charge in [0.1, 0.15) is 5.60 Å². The summed E-state index contributed by atoms with van der Waals surface area (Å²) in [6.07, 6.45) is 6.33. The highest BCUT2D eigenvalue weighted by molar-refractivity contribution is 5.72. The van der Waals surface area contributed by atoms with Crippen molar-refractivity contribution in [1.82, 2.24) is 5.32 Å². The Morgan fingerprint density at radius 1 is 1.11 bits per heavy atom. The van der Waals surface area contributed by atoms with Gasteiger partial charge in [-0.15, -0.1) is 0 Å². The third-order valence-corrected chi connectivity index (χ3v) is 2.57. The Morgan fingerprint density at radius 3 is 2.28 bits per heavy atom. The largest absolute Gasteiger partial charge is 0.459 e. The number of hydrogen-bond donors (Lipinski definition) is 1. The predicted molar refractivity (Wildman–Crippen MR) is 76.6 cm³/mol. The maximum atomic E-state index is 11.4. The third-order valence-electron chi connectivity index (χ3n) is 2.57. The van der Waals surface area contributed by atoms with Crippen molar-refractivity contribution in [2.45, 2.75) is 72.3 Å². The second-order valence-electron chi connectivity index (χ2n) is 6.36. The van der Waals surface area contributed by atoms with Crippen LogP contribution < -0.4 is 5.32 Å². The first kappa shape index (κ1) is 17.4. The molecule has 3 heteroatoms. The lowest BCUT2D eigenvalue weighted by molar-refractivity contribution is -0.153. The molecule has 0 fully saturated rings. The topological polar surface area (TPSA) is 38.3 Å². The van der Waals surface area contributed by atoms with Crippen LogP contribution in [0, 0.1) is 5.92 Å². The number of nitrogens with one attached hydrogen (secondary N) is 1. The molecule has 3 nitrogen and oxygen atoms in total. The van der Waals surface area contributed by atoms with Crippen LogP contribution in [0.2, 0.25) is 0 Å². The molecule has 0 aliphatic heterocycles. The fourth-order valence-corrected chi connectivity index (χ4v) is 1.72. The smallest absolute Gasteiger partial charge is 0.320 e. The van der Waals surface area contributed by atoms with Crippen molar-refractivity contribution in [1.29, 1.82) is 0 Å². The summed E-state index contributed by atoms with van der Waals surface area (Å²) in [5.41, 5.74) is -0.379. The Labute approximate surface area is 113 Å². The zero-order valence-corrected chi connectivity index (χ0v) is 12.8. The summed E-state index contributed by atoms with van der Waals surface area (Å²) in [6.45, 7) is 11.4. The van der Waals surface area contributed by atoms with Gasteiger partial charge in [-0.2, -0.15) is 0 Å². The highest BCUT2D eigenvalue weighted by Crippen LogP contribution is 2.09. The van der Waals surface area contributed by atoms with E-state index in [2.05, 4.69) is 19.2 Å². The van der Waals surface area contributed by atoms with Gasteiger partial charge in [0.2, 0.25) is 0 Å². The SMILES string of the molecule is CC(C)CCCCCCNCC(=O)OC(C)(C)C. The van der Waals surface area contributed by atoms with Gasteiger partial charge in [-0.3, -0.25) is 4.79 Å². The molecule has 0 amide bonds. The number of carbonyl (C=O) groups excluding carboxylic acids is 1. The Hall–Kier alpha value is -0.570. The summed E-state index contributed by atoms with van der Waals surface area (Å²) >= 11 is 0. The Morgan fingerprint density at radius 2 is 1.72 bits per heavy atom. The Bertz CT molecular complexity index is 219. The zero-order valence-electron chi connectivity index (χ0n) is 12.8. The molecular formula is C15H31NO2. The van der Waals surface area contributed by atoms with E-state index < -0.39 is 0 Å². The molecule has 0 unspecified atom stereocenters. The van der Waals surface area contributed by atoms with Crippen LogP contribution in [0.5, 0.6) is 0 Å². The average molecular weight is 257 g/mol. The van der Waals surface area contributed by atoms with Crippen molar-refractivity contribution in [3.05, 3.63) is 0 Å². The monoisotopic (exact) mass is 257 g/mol. The van der Waals surface area contributed by atoms with E-state index in [-0.39, 0.29) is 11.6 Å². The Balaban J connectivity index is 3.28. The van der Waals surface area contributed by atoms with Gasteiger partial charge in [0.05, 0.1) is 6.54 Å². The molecule has 0 aliphatic carbocycles. The van der Waals surface area contributed by atoms with E-state index in [4.69, 9.17) is 4.74 Å². The Kier molecular flexibility index (Phi) is 9.08. The lowest BCUT2D eigenvalue weighted by Gasteiger charge is -2.19. The summed E-state index contributed by atoms with van der Waals surface area (Å²) < 4.78 is 5.21. The van der Waals surface area contributed by atoms with Gasteiger partial charge in [-0.1, -0.05) is 39.5 Å². The van der Waals surface area contributed by atoms with Crippen molar-refractivity contribution in [2.24, 2.45) is 5.92 Å². The molecule has 0 atom stereocenters. The minimum Gasteiger partial charge on any atom is -0.459 e. The maximum Gasteiger partial charge on any atom is 0.320 e. The first-order valence-corrected chi connectivity index (χ1v) is 7.24. The van der Waals surface area contributed by atoms with E-state index in [0.717, 1.165) is 18.9 Å². The molecule has 0 saturated carbocycles. The number of hydrogen-bond acceptors (Lipinski definition) is 3. The molecule has 0 aromatic carbocycles. The molecule has 0 aliphatic rings. The second kappa shape index (κ2) is 9.37. The number of ether oxygens (including phenoxy) is 1. The molecule has 0 spiro atoms. The van der Waals surface area contributed by atoms with E-state index >= 15 is 0 Å². The number of unbranched alkanes of at least 4 members (excludes halogenated alkanes) is 3. The van der Waals surface area contributed by atoms with Crippen LogP contribution in [-0.2, 0) is 9.53 Å². The summed E-state index contributed by atoms with van der Waals surface area (Å²) in [4.78, 5) is 11.4. The fourth-order valence-electron chi connectivity index (χ4n) is 1.72. The van der Waals surface area contributed by atoms with Crippen LogP contribution in [0.1, 0.15) is 66.7 Å². The molecule has 0 aromatic rings. The quantitative estimate of drug-likeness (QED) is 0.507. The minimum atomic E-state index is -0.379. The van der Waals surface area contributed by atoms with Crippen molar-refractivity contribution in [3.63, 3.8) is 0 Å². The highest BCUT2D eigenvalue weighted by Gasteiger charge is 2.15. The molecule has 0 bridgehead atoms. The highest BCUT2D eigenvalue weighted by atomic mass is 16.6. The number of esters is 1. The second-order valence-corrected chi connectivity index (χ2v) is 6.36. The van der Waals surface area contributed by atoms with E-state index in [0.29, 0.717) is 6.54 Å². The predicted octanol–water partition coefficient (Wildman–Crippen LogP) is 3.52. The van der Waals surface area contributed by atoms with E-state index in [1.807, 2.05) is 20.8 Å². The van der Waals surface area contributed by atoms with E-state index in [1.54, 1.807) is 0 Å². The van der Waals surface area contributed by atoms with Crippen molar-refractivity contribution in [2.75, 3.05) is 13.1 Å². The van der Waals surface area contributed by atoms with Gasteiger partial charge >= 0.3 is 5.97 Å². The zero-order chi connectivity index (χ0) is 14.0. The van der Waals surface area contributed by atoms with Gasteiger partial charge in [0, 0.05) is 0 Å². The summed E-state index contributed by atoms with van der Waals surface area (Å²) in [5, 5.41) is 3.13. The third kappa shape index (κ3) is 13.5. The lowest BCUT2D eigenvalue weighted by atomic mass is 10.0. The lowest BCUT2D eigenvalue weighted by Crippen LogP contribution is -2.31. The van der Waals surface area contributed by atoms with Gasteiger partial charge in [0.25, 0.3) is 0 Å². The molecule has 0 radical (unpaired) electrons. The minimum absolute atomic E-state index is 0.165. The van der Waals surface area contributed by atoms with Crippen LogP contribution in [0.15, 0.2) is 0 Å². The van der Waals surface area contributed by atoms with E-state index in [1.165, 1.54) is 25.7 Å². The van der Waals surface area contributed by atoms with Crippen LogP contribution in [-0.4, -0.2) is 24.7 Å². The van der Waals surface area contributed by atoms with Gasteiger partial charge in [0.15, 0.2) is 0 Å². The van der Waals surface area contributed by atoms with Crippen LogP contribution in [0.4, 0.5) is 0 Å². The molecule has 0 heterocycles.